The number of carboxylic acid groups (broad SMARTS) is 1. The highest BCUT2D eigenvalue weighted by molar-refractivity contribution is 6.33. The fourth-order valence-corrected chi connectivity index (χ4v) is 2.57. The Morgan fingerprint density at radius 3 is 2.74 bits per heavy atom. The molecule has 2 N–H and O–H groups in total. The Bertz CT molecular complexity index is 445. The quantitative estimate of drug-likeness (QED) is 0.788. The van der Waals surface area contributed by atoms with Crippen molar-refractivity contribution < 1.29 is 9.90 Å². The standard InChI is InChI=1S/C14H19ClN2O2/c15-12-10-11(14(18)19)4-5-13(12)16-6-3-9-17-7-1-2-8-17/h4-5,10,16H,1-3,6-9H2,(H,18,19). The fraction of sp³-hybridized carbons (Fsp3) is 0.500. The first-order valence-corrected chi connectivity index (χ1v) is 7.03. The molecule has 0 amide bonds. The molecule has 0 bridgehead atoms. The van der Waals surface area contributed by atoms with Gasteiger partial charge in [0, 0.05) is 6.54 Å². The zero-order chi connectivity index (χ0) is 13.7. The Labute approximate surface area is 118 Å². The Kier molecular flexibility index (Phi) is 5.05. The monoisotopic (exact) mass is 282 g/mol. The van der Waals surface area contributed by atoms with Crippen molar-refractivity contribution in [2.45, 2.75) is 19.3 Å². The summed E-state index contributed by atoms with van der Waals surface area (Å²) >= 11 is 6.04. The summed E-state index contributed by atoms with van der Waals surface area (Å²) in [5.41, 5.74) is 1.01. The van der Waals surface area contributed by atoms with Gasteiger partial charge in [-0.2, -0.15) is 0 Å². The molecule has 0 aliphatic carbocycles. The minimum atomic E-state index is -0.956. The van der Waals surface area contributed by atoms with Crippen LogP contribution < -0.4 is 5.32 Å². The van der Waals surface area contributed by atoms with Gasteiger partial charge in [-0.15, -0.1) is 0 Å². The van der Waals surface area contributed by atoms with Crippen LogP contribution in [0.1, 0.15) is 29.6 Å². The Morgan fingerprint density at radius 2 is 2.11 bits per heavy atom. The minimum absolute atomic E-state index is 0.215. The molecular weight excluding hydrogens is 264 g/mol. The maximum Gasteiger partial charge on any atom is 0.335 e. The number of benzene rings is 1. The zero-order valence-corrected chi connectivity index (χ0v) is 11.6. The van der Waals surface area contributed by atoms with Gasteiger partial charge in [-0.25, -0.2) is 4.79 Å². The van der Waals surface area contributed by atoms with Crippen LogP contribution in [0.15, 0.2) is 18.2 Å². The van der Waals surface area contributed by atoms with E-state index in [1.807, 2.05) is 0 Å². The molecule has 1 fully saturated rings. The molecule has 1 aliphatic heterocycles. The molecule has 5 heteroatoms. The highest BCUT2D eigenvalue weighted by atomic mass is 35.5. The number of nitrogens with zero attached hydrogens (tertiary/aromatic N) is 1. The first kappa shape index (κ1) is 14.2. The van der Waals surface area contributed by atoms with Crippen molar-refractivity contribution in [1.29, 1.82) is 0 Å². The van der Waals surface area contributed by atoms with Gasteiger partial charge >= 0.3 is 5.97 Å². The van der Waals surface area contributed by atoms with Crippen molar-refractivity contribution in [3.05, 3.63) is 28.8 Å². The van der Waals surface area contributed by atoms with E-state index in [4.69, 9.17) is 16.7 Å². The number of anilines is 1. The maximum atomic E-state index is 10.8. The highest BCUT2D eigenvalue weighted by Gasteiger charge is 2.10. The van der Waals surface area contributed by atoms with Gasteiger partial charge < -0.3 is 15.3 Å². The molecule has 2 rings (SSSR count). The predicted molar refractivity (Wildman–Crippen MR) is 77.2 cm³/mol. The van der Waals surface area contributed by atoms with E-state index in [1.165, 1.54) is 32.0 Å². The van der Waals surface area contributed by atoms with E-state index in [2.05, 4.69) is 10.2 Å². The van der Waals surface area contributed by atoms with Gasteiger partial charge in [-0.3, -0.25) is 0 Å². The molecule has 1 aromatic rings. The third kappa shape index (κ3) is 4.11. The topological polar surface area (TPSA) is 52.6 Å². The average molecular weight is 283 g/mol. The number of hydrogen-bond donors (Lipinski definition) is 2. The predicted octanol–water partition coefficient (Wildman–Crippen LogP) is 2.94. The van der Waals surface area contributed by atoms with E-state index in [0.717, 1.165) is 25.2 Å². The summed E-state index contributed by atoms with van der Waals surface area (Å²) in [6.45, 7) is 4.39. The molecule has 1 aromatic carbocycles. The van der Waals surface area contributed by atoms with Crippen LogP contribution in [0.4, 0.5) is 5.69 Å². The lowest BCUT2D eigenvalue weighted by atomic mass is 10.2. The molecule has 1 heterocycles. The van der Waals surface area contributed by atoms with Crippen LogP contribution in [0.2, 0.25) is 5.02 Å². The van der Waals surface area contributed by atoms with Gasteiger partial charge in [-0.1, -0.05) is 11.6 Å². The lowest BCUT2D eigenvalue weighted by molar-refractivity contribution is 0.0697. The second kappa shape index (κ2) is 6.78. The van der Waals surface area contributed by atoms with Gasteiger partial charge in [0.25, 0.3) is 0 Å². The molecule has 19 heavy (non-hydrogen) atoms. The number of carboxylic acids is 1. The molecule has 0 spiro atoms. The van der Waals surface area contributed by atoms with Crippen LogP contribution in [0, 0.1) is 0 Å². The van der Waals surface area contributed by atoms with E-state index < -0.39 is 5.97 Å². The number of nitrogens with one attached hydrogen (secondary N) is 1. The summed E-state index contributed by atoms with van der Waals surface area (Å²) in [4.78, 5) is 13.3. The van der Waals surface area contributed by atoms with Crippen molar-refractivity contribution in [3.8, 4) is 0 Å². The number of aromatic carboxylic acids is 1. The van der Waals surface area contributed by atoms with E-state index in [-0.39, 0.29) is 5.56 Å². The first-order chi connectivity index (χ1) is 9.16. The van der Waals surface area contributed by atoms with E-state index >= 15 is 0 Å². The van der Waals surface area contributed by atoms with Gasteiger partial charge in [0.05, 0.1) is 16.3 Å². The number of likely N-dealkylation sites (tertiary alicyclic amines) is 1. The number of halogens is 1. The molecule has 0 saturated carbocycles. The van der Waals surface area contributed by atoms with E-state index in [9.17, 15) is 4.79 Å². The third-order valence-corrected chi connectivity index (χ3v) is 3.69. The molecule has 0 unspecified atom stereocenters. The molecule has 4 nitrogen and oxygen atoms in total. The molecule has 1 saturated heterocycles. The van der Waals surface area contributed by atoms with Crippen molar-refractivity contribution in [2.75, 3.05) is 31.5 Å². The molecule has 0 aromatic heterocycles. The van der Waals surface area contributed by atoms with Crippen LogP contribution in [-0.4, -0.2) is 42.2 Å². The fourth-order valence-electron chi connectivity index (χ4n) is 2.32. The van der Waals surface area contributed by atoms with Gasteiger partial charge in [0.15, 0.2) is 0 Å². The molecule has 0 radical (unpaired) electrons. The lowest BCUT2D eigenvalue weighted by Crippen LogP contribution is -2.22. The largest absolute Gasteiger partial charge is 0.478 e. The van der Waals surface area contributed by atoms with Crippen molar-refractivity contribution in [3.63, 3.8) is 0 Å². The summed E-state index contributed by atoms with van der Waals surface area (Å²) in [5, 5.41) is 12.6. The van der Waals surface area contributed by atoms with Crippen molar-refractivity contribution in [1.82, 2.24) is 4.90 Å². The number of rotatable bonds is 6. The Morgan fingerprint density at radius 1 is 1.37 bits per heavy atom. The highest BCUT2D eigenvalue weighted by Crippen LogP contribution is 2.23. The van der Waals surface area contributed by atoms with Gasteiger partial charge in [0.2, 0.25) is 0 Å². The molecular formula is C14H19ClN2O2. The second-order valence-electron chi connectivity index (χ2n) is 4.83. The minimum Gasteiger partial charge on any atom is -0.478 e. The lowest BCUT2D eigenvalue weighted by Gasteiger charge is -2.15. The molecule has 1 aliphatic rings. The SMILES string of the molecule is O=C(O)c1ccc(NCCCN2CCCC2)c(Cl)c1. The van der Waals surface area contributed by atoms with Crippen LogP contribution in [0.25, 0.3) is 0 Å². The average Bonchev–Trinajstić information content (AvgIpc) is 2.89. The van der Waals surface area contributed by atoms with Crippen molar-refractivity contribution >= 4 is 23.3 Å². The zero-order valence-electron chi connectivity index (χ0n) is 10.9. The number of hydrogen-bond acceptors (Lipinski definition) is 3. The summed E-state index contributed by atoms with van der Waals surface area (Å²) < 4.78 is 0. The first-order valence-electron chi connectivity index (χ1n) is 6.66. The van der Waals surface area contributed by atoms with Crippen LogP contribution in [0.3, 0.4) is 0 Å². The van der Waals surface area contributed by atoms with Crippen LogP contribution >= 0.6 is 11.6 Å². The Balaban J connectivity index is 1.77. The molecule has 104 valence electrons. The number of carbonyl (C=O) groups is 1. The van der Waals surface area contributed by atoms with Crippen LogP contribution in [-0.2, 0) is 0 Å². The normalized spacial score (nSPS) is 15.6. The molecule has 0 atom stereocenters. The Hall–Kier alpha value is -1.26. The maximum absolute atomic E-state index is 10.8. The summed E-state index contributed by atoms with van der Waals surface area (Å²) in [5.74, 6) is -0.956. The summed E-state index contributed by atoms with van der Waals surface area (Å²) in [6, 6.07) is 4.77. The summed E-state index contributed by atoms with van der Waals surface area (Å²) in [7, 11) is 0. The van der Waals surface area contributed by atoms with Crippen LogP contribution in [0.5, 0.6) is 0 Å². The van der Waals surface area contributed by atoms with E-state index in [1.54, 1.807) is 12.1 Å². The van der Waals surface area contributed by atoms with Gasteiger partial charge in [-0.05, 0) is 57.1 Å². The van der Waals surface area contributed by atoms with Gasteiger partial charge in [0.1, 0.15) is 0 Å². The van der Waals surface area contributed by atoms with Crippen molar-refractivity contribution in [2.24, 2.45) is 0 Å². The summed E-state index contributed by atoms with van der Waals surface area (Å²) in [6.07, 6.45) is 3.70. The second-order valence-corrected chi connectivity index (χ2v) is 5.24. The smallest absolute Gasteiger partial charge is 0.335 e. The van der Waals surface area contributed by atoms with E-state index in [0.29, 0.717) is 5.02 Å². The third-order valence-electron chi connectivity index (χ3n) is 3.38.